The first kappa shape index (κ1) is 75.0. The molecule has 9 nitrogen and oxygen atoms in total. The molecule has 10 heteroatoms. The number of allylic oxidation sites excluding steroid dienone is 7. The van der Waals surface area contributed by atoms with Gasteiger partial charge in [-0.2, -0.15) is 0 Å². The number of carbonyl (C=O) groups is 2. The summed E-state index contributed by atoms with van der Waals surface area (Å²) >= 11 is 0. The minimum absolute atomic E-state index is 0.0385. The number of quaternary nitrogens is 1. The Labute approximate surface area is 478 Å². The van der Waals surface area contributed by atoms with Crippen molar-refractivity contribution < 1.29 is 37.3 Å². The van der Waals surface area contributed by atoms with Gasteiger partial charge in [0.1, 0.15) is 19.3 Å². The largest absolute Gasteiger partial charge is 0.472 e. The van der Waals surface area contributed by atoms with Crippen LogP contribution in [0.25, 0.3) is 0 Å². The Kier molecular flexibility index (Phi) is 55.7. The first-order valence-electron chi connectivity index (χ1n) is 33.0. The van der Waals surface area contributed by atoms with Crippen molar-refractivity contribution in [1.82, 2.24) is 5.32 Å². The number of hydrogen-bond donors (Lipinski definition) is 2. The van der Waals surface area contributed by atoms with Crippen molar-refractivity contribution in [2.75, 3.05) is 40.9 Å². The summed E-state index contributed by atoms with van der Waals surface area (Å²) in [5.41, 5.74) is 0. The number of ether oxygens (including phenoxy) is 1. The zero-order chi connectivity index (χ0) is 56.4. The van der Waals surface area contributed by atoms with E-state index in [1.54, 1.807) is 0 Å². The van der Waals surface area contributed by atoms with Gasteiger partial charge in [-0.3, -0.25) is 18.6 Å². The predicted octanol–water partition coefficient (Wildman–Crippen LogP) is 20.5. The van der Waals surface area contributed by atoms with Crippen molar-refractivity contribution in [2.24, 2.45) is 0 Å². The highest BCUT2D eigenvalue weighted by atomic mass is 31.2. The number of amides is 1. The first-order valence-corrected chi connectivity index (χ1v) is 34.5. The van der Waals surface area contributed by atoms with E-state index in [1.165, 1.54) is 193 Å². The second kappa shape index (κ2) is 57.2. The van der Waals surface area contributed by atoms with Crippen molar-refractivity contribution in [1.29, 1.82) is 0 Å². The lowest BCUT2D eigenvalue weighted by Gasteiger charge is -2.27. The molecule has 0 saturated heterocycles. The highest BCUT2D eigenvalue weighted by Gasteiger charge is 2.30. The van der Waals surface area contributed by atoms with Gasteiger partial charge in [-0.15, -0.1) is 0 Å². The van der Waals surface area contributed by atoms with Gasteiger partial charge in [-0.05, 0) is 63.9 Å². The minimum atomic E-state index is -4.45. The molecule has 0 heterocycles. The van der Waals surface area contributed by atoms with Gasteiger partial charge >= 0.3 is 13.8 Å². The normalized spacial score (nSPS) is 13.9. The van der Waals surface area contributed by atoms with Gasteiger partial charge in [-0.25, -0.2) is 4.57 Å². The summed E-state index contributed by atoms with van der Waals surface area (Å²) in [4.78, 5) is 37.8. The summed E-state index contributed by atoms with van der Waals surface area (Å²) < 4.78 is 30.7. The number of phosphoric ester groups is 1. The van der Waals surface area contributed by atoms with E-state index in [-0.39, 0.29) is 25.1 Å². The van der Waals surface area contributed by atoms with Crippen LogP contribution in [0.1, 0.15) is 316 Å². The van der Waals surface area contributed by atoms with Crippen molar-refractivity contribution >= 4 is 19.7 Å². The van der Waals surface area contributed by atoms with Gasteiger partial charge in [0.2, 0.25) is 5.91 Å². The number of phosphoric acid groups is 1. The second-order valence-electron chi connectivity index (χ2n) is 23.6. The van der Waals surface area contributed by atoms with Crippen molar-refractivity contribution in [2.45, 2.75) is 328 Å². The summed E-state index contributed by atoms with van der Waals surface area (Å²) in [6.45, 7) is 6.93. The predicted molar refractivity (Wildman–Crippen MR) is 332 cm³/mol. The molecule has 0 aromatic heterocycles. The third-order valence-corrected chi connectivity index (χ3v) is 15.8. The summed E-state index contributed by atoms with van der Waals surface area (Å²) in [7, 11) is 1.49. The molecule has 0 radical (unpaired) electrons. The SMILES string of the molecule is CC/C=C/C/C=C/C/C=C/CCCCCCCCC(=O)NC(COP(=O)(O)OCC[N+](C)(C)C)C(/C=C\CCCCCCCCCCCC)OC(=O)CCCCCCCCCCCCCCCCCCCCCCCCC. The summed E-state index contributed by atoms with van der Waals surface area (Å²) in [6, 6.07) is -0.853. The number of likely N-dealkylation sites (N-methyl/N-ethyl adjacent to an activating group) is 1. The van der Waals surface area contributed by atoms with Crippen LogP contribution in [-0.2, 0) is 27.9 Å². The van der Waals surface area contributed by atoms with Crippen LogP contribution in [0.4, 0.5) is 0 Å². The average molecular weight is 1100 g/mol. The molecular weight excluding hydrogens is 976 g/mol. The summed E-state index contributed by atoms with van der Waals surface area (Å²) in [6.07, 6.45) is 71.2. The Hall–Kier alpha value is -2.03. The summed E-state index contributed by atoms with van der Waals surface area (Å²) in [5.74, 6) is -0.507. The standard InChI is InChI=1S/C67H127N2O7P/c1-7-10-13-16-19-22-25-28-30-32-33-34-35-36-37-38-40-42-45-48-51-54-57-60-67(71)76-65(58-55-52-49-46-43-27-24-21-18-15-12-9-3)64(63-75-77(72,73)74-62-61-69(4,5)6)68-66(70)59-56-53-50-47-44-41-39-31-29-26-23-20-17-14-11-8-2/h11,14,20,23,29,31,55,58,64-65H,7-10,12-13,15-19,21-22,24-28,30,32-54,56-57,59-63H2,1-6H3,(H-,68,70,72,73)/p+1/b14-11+,23-20+,31-29+,58-55-. The number of nitrogens with zero attached hydrogens (tertiary/aromatic N) is 1. The zero-order valence-electron chi connectivity index (χ0n) is 51.7. The molecule has 2 N–H and O–H groups in total. The zero-order valence-corrected chi connectivity index (χ0v) is 52.6. The van der Waals surface area contributed by atoms with Crippen LogP contribution < -0.4 is 5.32 Å². The van der Waals surface area contributed by atoms with Crippen LogP contribution in [0.3, 0.4) is 0 Å². The van der Waals surface area contributed by atoms with Crippen LogP contribution in [0.2, 0.25) is 0 Å². The maximum atomic E-state index is 13.5. The molecule has 1 amide bonds. The highest BCUT2D eigenvalue weighted by Crippen LogP contribution is 2.43. The molecule has 3 atom stereocenters. The maximum absolute atomic E-state index is 13.5. The lowest BCUT2D eigenvalue weighted by atomic mass is 10.0. The Morgan fingerprint density at radius 1 is 0.468 bits per heavy atom. The lowest BCUT2D eigenvalue weighted by molar-refractivity contribution is -0.870. The molecule has 0 saturated carbocycles. The van der Waals surface area contributed by atoms with Crippen LogP contribution in [0, 0.1) is 0 Å². The third kappa shape index (κ3) is 58.4. The van der Waals surface area contributed by atoms with Gasteiger partial charge in [0.15, 0.2) is 0 Å². The molecule has 0 aromatic rings. The molecule has 452 valence electrons. The average Bonchev–Trinajstić information content (AvgIpc) is 3.39. The summed E-state index contributed by atoms with van der Waals surface area (Å²) in [5, 5.41) is 3.06. The number of esters is 1. The van der Waals surface area contributed by atoms with E-state index >= 15 is 0 Å². The molecule has 0 aliphatic heterocycles. The van der Waals surface area contributed by atoms with E-state index in [9.17, 15) is 19.0 Å². The van der Waals surface area contributed by atoms with Crippen molar-refractivity contribution in [3.05, 3.63) is 48.6 Å². The molecule has 0 spiro atoms. The Bertz CT molecular complexity index is 1460. The molecule has 0 aromatic carbocycles. The maximum Gasteiger partial charge on any atom is 0.472 e. The Morgan fingerprint density at radius 2 is 0.831 bits per heavy atom. The van der Waals surface area contributed by atoms with E-state index in [2.05, 4.69) is 62.5 Å². The third-order valence-electron chi connectivity index (χ3n) is 14.8. The van der Waals surface area contributed by atoms with E-state index < -0.39 is 20.0 Å². The molecule has 77 heavy (non-hydrogen) atoms. The lowest BCUT2D eigenvalue weighted by Crippen LogP contribution is -2.47. The van der Waals surface area contributed by atoms with Crippen LogP contribution in [-0.4, -0.2) is 74.3 Å². The van der Waals surface area contributed by atoms with E-state index in [0.717, 1.165) is 89.9 Å². The topological polar surface area (TPSA) is 111 Å². The molecular formula is C67H128N2O7P+. The smallest absolute Gasteiger partial charge is 0.456 e. The first-order chi connectivity index (χ1) is 37.4. The number of unbranched alkanes of at least 4 members (excludes halogenated alkanes) is 38. The molecule has 3 unspecified atom stereocenters. The van der Waals surface area contributed by atoms with Crippen molar-refractivity contribution in [3.8, 4) is 0 Å². The van der Waals surface area contributed by atoms with Crippen LogP contribution >= 0.6 is 7.82 Å². The molecule has 0 fully saturated rings. The van der Waals surface area contributed by atoms with Crippen LogP contribution in [0.5, 0.6) is 0 Å². The molecule has 0 rings (SSSR count). The Balaban J connectivity index is 5.12. The van der Waals surface area contributed by atoms with Gasteiger partial charge in [0, 0.05) is 12.8 Å². The van der Waals surface area contributed by atoms with Gasteiger partial charge in [0.05, 0.1) is 33.8 Å². The fourth-order valence-corrected chi connectivity index (χ4v) is 10.5. The van der Waals surface area contributed by atoms with E-state index in [0.29, 0.717) is 23.9 Å². The van der Waals surface area contributed by atoms with Crippen molar-refractivity contribution in [3.63, 3.8) is 0 Å². The van der Waals surface area contributed by atoms with E-state index in [1.807, 2.05) is 33.3 Å². The minimum Gasteiger partial charge on any atom is -0.456 e. The molecule has 0 bridgehead atoms. The molecule has 0 aliphatic carbocycles. The monoisotopic (exact) mass is 1100 g/mol. The number of nitrogens with one attached hydrogen (secondary N) is 1. The van der Waals surface area contributed by atoms with Gasteiger partial charge in [0.25, 0.3) is 0 Å². The Morgan fingerprint density at radius 3 is 1.25 bits per heavy atom. The highest BCUT2D eigenvalue weighted by molar-refractivity contribution is 7.47. The van der Waals surface area contributed by atoms with Crippen LogP contribution in [0.15, 0.2) is 48.6 Å². The quantitative estimate of drug-likeness (QED) is 0.0205. The second-order valence-corrected chi connectivity index (χ2v) is 25.1. The number of carbonyl (C=O) groups excluding carboxylic acids is 2. The number of rotatable bonds is 60. The molecule has 0 aliphatic rings. The van der Waals surface area contributed by atoms with Gasteiger partial charge in [-0.1, -0.05) is 288 Å². The van der Waals surface area contributed by atoms with E-state index in [4.69, 9.17) is 13.8 Å². The van der Waals surface area contributed by atoms with Gasteiger partial charge < -0.3 is 19.4 Å². The fourth-order valence-electron chi connectivity index (χ4n) is 9.72. The number of hydrogen-bond acceptors (Lipinski definition) is 6. The fraction of sp³-hybridized carbons (Fsp3) is 0.851.